The van der Waals surface area contributed by atoms with Gasteiger partial charge in [-0.2, -0.15) is 4.52 Å². The van der Waals surface area contributed by atoms with Crippen LogP contribution in [0.5, 0.6) is 0 Å². The highest BCUT2D eigenvalue weighted by molar-refractivity contribution is 5.56. The molecule has 3 aromatic rings. The summed E-state index contributed by atoms with van der Waals surface area (Å²) >= 11 is 0. The molecular weight excluding hydrogens is 294 g/mol. The second kappa shape index (κ2) is 5.11. The Kier molecular flexibility index (Phi) is 3.06. The fourth-order valence-corrected chi connectivity index (χ4v) is 2.75. The summed E-state index contributed by atoms with van der Waals surface area (Å²) in [4.78, 5) is 8.59. The van der Waals surface area contributed by atoms with E-state index in [1.54, 1.807) is 24.5 Å². The van der Waals surface area contributed by atoms with Crippen LogP contribution >= 0.6 is 0 Å². The molecule has 0 radical (unpaired) electrons. The molecule has 1 saturated carbocycles. The lowest BCUT2D eigenvalue weighted by Gasteiger charge is -2.12. The van der Waals surface area contributed by atoms with Crippen LogP contribution in [-0.2, 0) is 0 Å². The van der Waals surface area contributed by atoms with Gasteiger partial charge in [0.1, 0.15) is 11.3 Å². The second-order valence-corrected chi connectivity index (χ2v) is 5.67. The maximum Gasteiger partial charge on any atom is 0.224 e. The fraction of sp³-hybridized carbons (Fsp3) is 0.312. The summed E-state index contributed by atoms with van der Waals surface area (Å²) in [6.07, 6.45) is 4.95. The summed E-state index contributed by atoms with van der Waals surface area (Å²) in [5.74, 6) is 7.00. The minimum atomic E-state index is -0.907. The van der Waals surface area contributed by atoms with Crippen molar-refractivity contribution in [3.8, 4) is 23.4 Å². The molecule has 0 saturated heterocycles. The van der Waals surface area contributed by atoms with Gasteiger partial charge in [0.05, 0.1) is 6.26 Å². The van der Waals surface area contributed by atoms with Gasteiger partial charge in [0.2, 0.25) is 11.8 Å². The highest BCUT2D eigenvalue weighted by Gasteiger charge is 2.28. The number of aromatic nitrogens is 4. The average Bonchev–Trinajstić information content (AvgIpc) is 3.25. The lowest BCUT2D eigenvalue weighted by Crippen LogP contribution is -2.20. The SMILES string of the molecule is Nc1nc(C#CC2(O)CCCC2)cc2nc(-c3ccco3)nn12. The fourth-order valence-electron chi connectivity index (χ4n) is 2.75. The molecule has 0 unspecified atom stereocenters. The summed E-state index contributed by atoms with van der Waals surface area (Å²) in [6, 6.07) is 5.23. The summed E-state index contributed by atoms with van der Waals surface area (Å²) in [5, 5.41) is 14.6. The van der Waals surface area contributed by atoms with E-state index in [0.29, 0.717) is 35.8 Å². The Hall–Kier alpha value is -2.85. The normalized spacial score (nSPS) is 16.4. The Morgan fingerprint density at radius 1 is 1.30 bits per heavy atom. The number of fused-ring (bicyclic) bond motifs is 1. The zero-order valence-electron chi connectivity index (χ0n) is 12.4. The van der Waals surface area contributed by atoms with Crippen LogP contribution in [0.4, 0.5) is 5.95 Å². The van der Waals surface area contributed by atoms with Crippen molar-refractivity contribution in [2.24, 2.45) is 0 Å². The molecule has 0 bridgehead atoms. The first kappa shape index (κ1) is 13.8. The number of nitrogen functional groups attached to an aromatic ring is 1. The van der Waals surface area contributed by atoms with E-state index < -0.39 is 5.60 Å². The van der Waals surface area contributed by atoms with Crippen LogP contribution in [0.1, 0.15) is 31.4 Å². The molecule has 1 fully saturated rings. The van der Waals surface area contributed by atoms with Crippen LogP contribution in [0.25, 0.3) is 17.2 Å². The summed E-state index contributed by atoms with van der Waals surface area (Å²) < 4.78 is 6.72. The monoisotopic (exact) mass is 309 g/mol. The van der Waals surface area contributed by atoms with Crippen molar-refractivity contribution < 1.29 is 9.52 Å². The van der Waals surface area contributed by atoms with E-state index in [-0.39, 0.29) is 5.95 Å². The number of nitrogens with zero attached hydrogens (tertiary/aromatic N) is 4. The van der Waals surface area contributed by atoms with Gasteiger partial charge < -0.3 is 15.3 Å². The van der Waals surface area contributed by atoms with Crippen LogP contribution < -0.4 is 5.73 Å². The molecular formula is C16H15N5O2. The van der Waals surface area contributed by atoms with E-state index in [9.17, 15) is 5.11 Å². The summed E-state index contributed by atoms with van der Waals surface area (Å²) in [6.45, 7) is 0. The van der Waals surface area contributed by atoms with E-state index >= 15 is 0 Å². The average molecular weight is 309 g/mol. The predicted octanol–water partition coefficient (Wildman–Crippen LogP) is 1.62. The lowest BCUT2D eigenvalue weighted by molar-refractivity contribution is 0.110. The van der Waals surface area contributed by atoms with Gasteiger partial charge in [-0.1, -0.05) is 5.92 Å². The maximum atomic E-state index is 10.3. The Labute approximate surface area is 132 Å². The van der Waals surface area contributed by atoms with Gasteiger partial charge >= 0.3 is 0 Å². The third-order valence-electron chi connectivity index (χ3n) is 3.95. The highest BCUT2D eigenvalue weighted by Crippen LogP contribution is 2.28. The smallest absolute Gasteiger partial charge is 0.224 e. The first-order chi connectivity index (χ1) is 11.1. The predicted molar refractivity (Wildman–Crippen MR) is 83.2 cm³/mol. The van der Waals surface area contributed by atoms with E-state index in [1.165, 1.54) is 4.52 Å². The Morgan fingerprint density at radius 3 is 2.87 bits per heavy atom. The Morgan fingerprint density at radius 2 is 2.13 bits per heavy atom. The van der Waals surface area contributed by atoms with Crippen LogP contribution in [0.2, 0.25) is 0 Å². The molecule has 0 atom stereocenters. The molecule has 3 aromatic heterocycles. The largest absolute Gasteiger partial charge is 0.461 e. The molecule has 7 heteroatoms. The van der Waals surface area contributed by atoms with Gasteiger partial charge in [0, 0.05) is 6.07 Å². The molecule has 7 nitrogen and oxygen atoms in total. The minimum Gasteiger partial charge on any atom is -0.461 e. The quantitative estimate of drug-likeness (QED) is 0.662. The topological polar surface area (TPSA) is 102 Å². The summed E-state index contributed by atoms with van der Waals surface area (Å²) in [7, 11) is 0. The van der Waals surface area contributed by atoms with Crippen molar-refractivity contribution in [2.45, 2.75) is 31.3 Å². The second-order valence-electron chi connectivity index (χ2n) is 5.67. The molecule has 0 amide bonds. The van der Waals surface area contributed by atoms with Gasteiger partial charge in [-0.05, 0) is 43.7 Å². The summed E-state index contributed by atoms with van der Waals surface area (Å²) in [5.41, 5.74) is 6.02. The van der Waals surface area contributed by atoms with Gasteiger partial charge in [-0.25, -0.2) is 9.97 Å². The first-order valence-electron chi connectivity index (χ1n) is 7.46. The van der Waals surface area contributed by atoms with Crippen molar-refractivity contribution in [1.82, 2.24) is 19.6 Å². The van der Waals surface area contributed by atoms with E-state index in [2.05, 4.69) is 26.9 Å². The molecule has 116 valence electrons. The molecule has 0 aliphatic heterocycles. The van der Waals surface area contributed by atoms with Crippen molar-refractivity contribution in [2.75, 3.05) is 5.73 Å². The molecule has 1 aliphatic rings. The van der Waals surface area contributed by atoms with Crippen LogP contribution in [0.15, 0.2) is 28.9 Å². The van der Waals surface area contributed by atoms with Gasteiger partial charge in [-0.15, -0.1) is 5.10 Å². The molecule has 3 heterocycles. The first-order valence-corrected chi connectivity index (χ1v) is 7.46. The maximum absolute atomic E-state index is 10.3. The number of nitrogens with two attached hydrogens (primary N) is 1. The molecule has 23 heavy (non-hydrogen) atoms. The minimum absolute atomic E-state index is 0.190. The Bertz CT molecular complexity index is 911. The highest BCUT2D eigenvalue weighted by atomic mass is 16.3. The number of rotatable bonds is 1. The number of aliphatic hydroxyl groups is 1. The van der Waals surface area contributed by atoms with Gasteiger partial charge in [-0.3, -0.25) is 0 Å². The number of hydrogen-bond donors (Lipinski definition) is 2. The standard InChI is InChI=1S/C16H15N5O2/c17-15-18-11(5-8-16(22)6-1-2-7-16)10-13-19-14(20-21(13)15)12-4-3-9-23-12/h3-4,9-10,22H,1-2,6-7H2,(H2,17,18). The van der Waals surface area contributed by atoms with E-state index in [1.807, 2.05) is 0 Å². The number of furan rings is 1. The van der Waals surface area contributed by atoms with Crippen molar-refractivity contribution >= 4 is 11.6 Å². The van der Waals surface area contributed by atoms with E-state index in [0.717, 1.165) is 12.8 Å². The molecule has 1 aliphatic carbocycles. The lowest BCUT2D eigenvalue weighted by atomic mass is 10.0. The Balaban J connectivity index is 1.74. The van der Waals surface area contributed by atoms with Crippen LogP contribution in [0, 0.1) is 11.8 Å². The molecule has 4 rings (SSSR count). The third-order valence-corrected chi connectivity index (χ3v) is 3.95. The van der Waals surface area contributed by atoms with E-state index in [4.69, 9.17) is 10.2 Å². The molecule has 0 spiro atoms. The van der Waals surface area contributed by atoms with Crippen molar-refractivity contribution in [3.63, 3.8) is 0 Å². The molecule has 0 aromatic carbocycles. The number of anilines is 1. The van der Waals surface area contributed by atoms with Crippen molar-refractivity contribution in [3.05, 3.63) is 30.2 Å². The van der Waals surface area contributed by atoms with Gasteiger partial charge in [0.15, 0.2) is 11.4 Å². The van der Waals surface area contributed by atoms with Crippen molar-refractivity contribution in [1.29, 1.82) is 0 Å². The molecule has 3 N–H and O–H groups in total. The zero-order valence-corrected chi connectivity index (χ0v) is 12.4. The third kappa shape index (κ3) is 2.53. The number of hydrogen-bond acceptors (Lipinski definition) is 6. The van der Waals surface area contributed by atoms with Crippen LogP contribution in [0.3, 0.4) is 0 Å². The zero-order chi connectivity index (χ0) is 15.9. The van der Waals surface area contributed by atoms with Gasteiger partial charge in [0.25, 0.3) is 0 Å². The van der Waals surface area contributed by atoms with Crippen LogP contribution in [-0.4, -0.2) is 30.3 Å².